The number of benzene rings is 1. The molecule has 3 rings (SSSR count). The van der Waals surface area contributed by atoms with Gasteiger partial charge in [-0.15, -0.1) is 0 Å². The van der Waals surface area contributed by atoms with Gasteiger partial charge in [-0.25, -0.2) is 9.67 Å². The molecule has 0 radical (unpaired) electrons. The molecule has 1 aromatic carbocycles. The highest BCUT2D eigenvalue weighted by molar-refractivity contribution is 7.16. The van der Waals surface area contributed by atoms with Crippen molar-refractivity contribution in [1.82, 2.24) is 14.8 Å². The van der Waals surface area contributed by atoms with Crippen LogP contribution in [0.3, 0.4) is 0 Å². The standard InChI is InChI=1S/C18H21N5OS/c1-11-10-12(2)23(21-11)18-19-13(3)16(25-18)17(24)20-14-6-8-15(9-7-14)22(4)5/h6-10H,1-5H3,(H,20,24). The Morgan fingerprint density at radius 1 is 1.16 bits per heavy atom. The topological polar surface area (TPSA) is 63.1 Å². The lowest BCUT2D eigenvalue weighted by atomic mass is 10.2. The fraction of sp³-hybridized carbons (Fsp3) is 0.278. The molecule has 0 aliphatic carbocycles. The molecule has 25 heavy (non-hydrogen) atoms. The first-order valence-electron chi connectivity index (χ1n) is 7.95. The van der Waals surface area contributed by atoms with Gasteiger partial charge in [0.1, 0.15) is 4.88 Å². The fourth-order valence-electron chi connectivity index (χ4n) is 2.54. The lowest BCUT2D eigenvalue weighted by molar-refractivity contribution is 0.103. The second-order valence-electron chi connectivity index (χ2n) is 6.15. The maximum atomic E-state index is 12.6. The van der Waals surface area contributed by atoms with Crippen LogP contribution in [0.1, 0.15) is 26.8 Å². The number of hydrogen-bond acceptors (Lipinski definition) is 5. The second-order valence-corrected chi connectivity index (χ2v) is 7.12. The number of thiazole rings is 1. The van der Waals surface area contributed by atoms with E-state index < -0.39 is 0 Å². The van der Waals surface area contributed by atoms with Crippen LogP contribution < -0.4 is 10.2 Å². The highest BCUT2D eigenvalue weighted by Crippen LogP contribution is 2.24. The number of aryl methyl sites for hydroxylation is 3. The van der Waals surface area contributed by atoms with Gasteiger partial charge in [-0.2, -0.15) is 5.10 Å². The minimum Gasteiger partial charge on any atom is -0.378 e. The van der Waals surface area contributed by atoms with E-state index in [-0.39, 0.29) is 5.91 Å². The Hall–Kier alpha value is -2.67. The molecular formula is C18H21N5OS. The van der Waals surface area contributed by atoms with E-state index in [9.17, 15) is 4.79 Å². The molecule has 0 saturated heterocycles. The zero-order chi connectivity index (χ0) is 18.1. The number of anilines is 2. The average molecular weight is 355 g/mol. The molecule has 7 heteroatoms. The number of carbonyl (C=O) groups excluding carboxylic acids is 1. The predicted octanol–water partition coefficient (Wildman–Crippen LogP) is 3.57. The number of aromatic nitrogens is 3. The number of nitrogens with zero attached hydrogens (tertiary/aromatic N) is 4. The van der Waals surface area contributed by atoms with Gasteiger partial charge in [0, 0.05) is 31.2 Å². The van der Waals surface area contributed by atoms with Crippen molar-refractivity contribution in [3.05, 3.63) is 52.3 Å². The summed E-state index contributed by atoms with van der Waals surface area (Å²) < 4.78 is 1.77. The van der Waals surface area contributed by atoms with E-state index in [1.54, 1.807) is 4.68 Å². The quantitative estimate of drug-likeness (QED) is 0.777. The number of amides is 1. The van der Waals surface area contributed by atoms with Gasteiger partial charge in [0.05, 0.1) is 11.4 Å². The van der Waals surface area contributed by atoms with Crippen LogP contribution in [0.15, 0.2) is 30.3 Å². The molecular weight excluding hydrogens is 334 g/mol. The van der Waals surface area contributed by atoms with E-state index in [2.05, 4.69) is 15.4 Å². The molecule has 1 amide bonds. The summed E-state index contributed by atoms with van der Waals surface area (Å²) in [6, 6.07) is 9.72. The normalized spacial score (nSPS) is 10.8. The molecule has 0 saturated carbocycles. The molecule has 0 aliphatic heterocycles. The Labute approximate surface area is 151 Å². The molecule has 2 heterocycles. The summed E-state index contributed by atoms with van der Waals surface area (Å²) in [5, 5.41) is 8.07. The second kappa shape index (κ2) is 6.68. The number of carbonyl (C=O) groups is 1. The summed E-state index contributed by atoms with van der Waals surface area (Å²) in [5.74, 6) is -0.152. The van der Waals surface area contributed by atoms with Gasteiger partial charge in [-0.05, 0) is 51.1 Å². The zero-order valence-electron chi connectivity index (χ0n) is 15.0. The molecule has 2 aromatic heterocycles. The molecule has 0 bridgehead atoms. The first-order valence-corrected chi connectivity index (χ1v) is 8.76. The van der Waals surface area contributed by atoms with Gasteiger partial charge < -0.3 is 10.2 Å². The van der Waals surface area contributed by atoms with Crippen molar-refractivity contribution >= 4 is 28.6 Å². The van der Waals surface area contributed by atoms with Crippen molar-refractivity contribution in [3.63, 3.8) is 0 Å². The van der Waals surface area contributed by atoms with E-state index in [1.807, 2.05) is 70.1 Å². The van der Waals surface area contributed by atoms with E-state index in [1.165, 1.54) is 11.3 Å². The number of hydrogen-bond donors (Lipinski definition) is 1. The summed E-state index contributed by atoms with van der Waals surface area (Å²) in [5.41, 5.74) is 4.47. The summed E-state index contributed by atoms with van der Waals surface area (Å²) in [6.07, 6.45) is 0. The van der Waals surface area contributed by atoms with Gasteiger partial charge in [0.2, 0.25) is 5.13 Å². The molecule has 0 spiro atoms. The summed E-state index contributed by atoms with van der Waals surface area (Å²) >= 11 is 1.34. The van der Waals surface area contributed by atoms with Gasteiger partial charge >= 0.3 is 0 Å². The Morgan fingerprint density at radius 2 is 1.84 bits per heavy atom. The van der Waals surface area contributed by atoms with Crippen molar-refractivity contribution < 1.29 is 4.79 Å². The van der Waals surface area contributed by atoms with Crippen molar-refractivity contribution in [2.45, 2.75) is 20.8 Å². The molecule has 3 aromatic rings. The van der Waals surface area contributed by atoms with E-state index in [0.717, 1.165) is 22.8 Å². The van der Waals surface area contributed by atoms with Crippen LogP contribution >= 0.6 is 11.3 Å². The van der Waals surface area contributed by atoms with Crippen LogP contribution in [0.5, 0.6) is 0 Å². The third-order valence-corrected chi connectivity index (χ3v) is 4.96. The molecule has 0 fully saturated rings. The highest BCUT2D eigenvalue weighted by atomic mass is 32.1. The minimum absolute atomic E-state index is 0.152. The SMILES string of the molecule is Cc1cc(C)n(-c2nc(C)c(C(=O)Nc3ccc(N(C)C)cc3)s2)n1. The van der Waals surface area contributed by atoms with Crippen molar-refractivity contribution in [2.24, 2.45) is 0 Å². The Morgan fingerprint density at radius 3 is 2.40 bits per heavy atom. The van der Waals surface area contributed by atoms with Crippen LogP contribution in [0.25, 0.3) is 5.13 Å². The molecule has 130 valence electrons. The lowest BCUT2D eigenvalue weighted by Crippen LogP contribution is -2.12. The van der Waals surface area contributed by atoms with Gasteiger partial charge in [-0.3, -0.25) is 4.79 Å². The van der Waals surface area contributed by atoms with Crippen LogP contribution in [0, 0.1) is 20.8 Å². The summed E-state index contributed by atoms with van der Waals surface area (Å²) in [4.78, 5) is 19.7. The Kier molecular flexibility index (Phi) is 4.59. The molecule has 0 aliphatic rings. The minimum atomic E-state index is -0.152. The van der Waals surface area contributed by atoms with E-state index >= 15 is 0 Å². The average Bonchev–Trinajstić information content (AvgIpc) is 3.09. The fourth-order valence-corrected chi connectivity index (χ4v) is 3.51. The third kappa shape index (κ3) is 3.56. The van der Waals surface area contributed by atoms with Crippen LogP contribution in [-0.2, 0) is 0 Å². The van der Waals surface area contributed by atoms with Crippen molar-refractivity contribution in [1.29, 1.82) is 0 Å². The molecule has 1 N–H and O–H groups in total. The summed E-state index contributed by atoms with van der Waals surface area (Å²) in [7, 11) is 3.96. The van der Waals surface area contributed by atoms with Gasteiger partial charge in [0.15, 0.2) is 0 Å². The summed E-state index contributed by atoms with van der Waals surface area (Å²) in [6.45, 7) is 5.76. The Bertz CT molecular complexity index is 908. The molecule has 6 nitrogen and oxygen atoms in total. The van der Waals surface area contributed by atoms with Gasteiger partial charge in [-0.1, -0.05) is 11.3 Å². The monoisotopic (exact) mass is 355 g/mol. The lowest BCUT2D eigenvalue weighted by Gasteiger charge is -2.12. The largest absolute Gasteiger partial charge is 0.378 e. The van der Waals surface area contributed by atoms with Crippen LogP contribution in [-0.4, -0.2) is 34.8 Å². The maximum absolute atomic E-state index is 12.6. The maximum Gasteiger partial charge on any atom is 0.267 e. The van der Waals surface area contributed by atoms with E-state index in [4.69, 9.17) is 0 Å². The first kappa shape index (κ1) is 17.2. The highest BCUT2D eigenvalue weighted by Gasteiger charge is 2.18. The van der Waals surface area contributed by atoms with E-state index in [0.29, 0.717) is 15.7 Å². The first-order chi connectivity index (χ1) is 11.8. The smallest absolute Gasteiger partial charge is 0.267 e. The van der Waals surface area contributed by atoms with Crippen molar-refractivity contribution in [2.75, 3.05) is 24.3 Å². The number of rotatable bonds is 4. The molecule has 0 unspecified atom stereocenters. The predicted molar refractivity (Wildman–Crippen MR) is 102 cm³/mol. The molecule has 0 atom stereocenters. The van der Waals surface area contributed by atoms with Crippen LogP contribution in [0.4, 0.5) is 11.4 Å². The third-order valence-electron chi connectivity index (χ3n) is 3.82. The zero-order valence-corrected chi connectivity index (χ0v) is 15.8. The number of nitrogens with one attached hydrogen (secondary N) is 1. The van der Waals surface area contributed by atoms with Gasteiger partial charge in [0.25, 0.3) is 5.91 Å². The van der Waals surface area contributed by atoms with Crippen molar-refractivity contribution in [3.8, 4) is 5.13 Å². The van der Waals surface area contributed by atoms with Crippen LogP contribution in [0.2, 0.25) is 0 Å². The Balaban J connectivity index is 1.82.